The van der Waals surface area contributed by atoms with Gasteiger partial charge in [0.15, 0.2) is 5.82 Å². The van der Waals surface area contributed by atoms with Gasteiger partial charge < -0.3 is 5.73 Å². The van der Waals surface area contributed by atoms with Gasteiger partial charge in [-0.05, 0) is 55.5 Å². The van der Waals surface area contributed by atoms with E-state index in [0.29, 0.717) is 11.6 Å². The molecule has 0 saturated carbocycles. The van der Waals surface area contributed by atoms with Gasteiger partial charge in [0, 0.05) is 5.56 Å². The third kappa shape index (κ3) is 2.57. The topological polar surface area (TPSA) is 51.8 Å². The highest BCUT2D eigenvalue weighted by atomic mass is 127. The van der Waals surface area contributed by atoms with Gasteiger partial charge in [-0.3, -0.25) is 0 Å². The molecule has 0 spiro atoms. The minimum absolute atomic E-state index is 0.548. The molecule has 2 N–H and O–H groups in total. The number of rotatable bonds is 1. The molecule has 1 aromatic carbocycles. The SMILES string of the molecule is Cc1cc(C)cc(-c2nc(C)c(I)c(N)n2)c1. The van der Waals surface area contributed by atoms with Crippen molar-refractivity contribution in [2.45, 2.75) is 20.8 Å². The van der Waals surface area contributed by atoms with Crippen molar-refractivity contribution in [1.82, 2.24) is 9.97 Å². The van der Waals surface area contributed by atoms with Gasteiger partial charge in [0.25, 0.3) is 0 Å². The van der Waals surface area contributed by atoms with Crippen LogP contribution in [0.1, 0.15) is 16.8 Å². The van der Waals surface area contributed by atoms with Crippen LogP contribution in [0.5, 0.6) is 0 Å². The van der Waals surface area contributed by atoms with Gasteiger partial charge in [0.1, 0.15) is 5.82 Å². The number of hydrogen-bond acceptors (Lipinski definition) is 3. The average molecular weight is 339 g/mol. The molecule has 88 valence electrons. The lowest BCUT2D eigenvalue weighted by atomic mass is 10.1. The second-order valence-corrected chi connectivity index (χ2v) is 5.29. The van der Waals surface area contributed by atoms with E-state index in [4.69, 9.17) is 5.73 Å². The monoisotopic (exact) mass is 339 g/mol. The summed E-state index contributed by atoms with van der Waals surface area (Å²) in [6.45, 7) is 6.09. The fourth-order valence-corrected chi connectivity index (χ4v) is 2.06. The predicted molar refractivity (Wildman–Crippen MR) is 78.8 cm³/mol. The summed E-state index contributed by atoms with van der Waals surface area (Å²) in [5.74, 6) is 1.25. The minimum Gasteiger partial charge on any atom is -0.383 e. The zero-order valence-electron chi connectivity index (χ0n) is 10.1. The number of aromatic nitrogens is 2. The van der Waals surface area contributed by atoms with Gasteiger partial charge in [-0.25, -0.2) is 9.97 Å². The molecule has 0 amide bonds. The third-order valence-electron chi connectivity index (χ3n) is 2.52. The van der Waals surface area contributed by atoms with Crippen LogP contribution in [0.25, 0.3) is 11.4 Å². The molecule has 2 aromatic rings. The highest BCUT2D eigenvalue weighted by Gasteiger charge is 2.08. The van der Waals surface area contributed by atoms with Gasteiger partial charge in [-0.2, -0.15) is 0 Å². The van der Waals surface area contributed by atoms with Crippen molar-refractivity contribution >= 4 is 28.4 Å². The Hall–Kier alpha value is -1.17. The van der Waals surface area contributed by atoms with Crippen molar-refractivity contribution in [3.63, 3.8) is 0 Å². The van der Waals surface area contributed by atoms with Crippen LogP contribution >= 0.6 is 22.6 Å². The van der Waals surface area contributed by atoms with E-state index in [1.807, 2.05) is 6.92 Å². The molecule has 17 heavy (non-hydrogen) atoms. The molecule has 2 rings (SSSR count). The van der Waals surface area contributed by atoms with Crippen LogP contribution in [-0.4, -0.2) is 9.97 Å². The molecule has 0 fully saturated rings. The van der Waals surface area contributed by atoms with E-state index in [1.165, 1.54) is 11.1 Å². The second kappa shape index (κ2) is 4.60. The van der Waals surface area contributed by atoms with Gasteiger partial charge in [0.2, 0.25) is 0 Å². The summed E-state index contributed by atoms with van der Waals surface area (Å²) in [5, 5.41) is 0. The molecule has 1 aromatic heterocycles. The molecule has 0 aliphatic heterocycles. The summed E-state index contributed by atoms with van der Waals surface area (Å²) in [4.78, 5) is 8.83. The molecule has 4 heteroatoms. The van der Waals surface area contributed by atoms with Crippen LogP contribution in [0.4, 0.5) is 5.82 Å². The summed E-state index contributed by atoms with van der Waals surface area (Å²) in [5.41, 5.74) is 10.2. The number of nitrogens with zero attached hydrogens (tertiary/aromatic N) is 2. The van der Waals surface area contributed by atoms with E-state index in [-0.39, 0.29) is 0 Å². The molecule has 0 aliphatic carbocycles. The van der Waals surface area contributed by atoms with Crippen molar-refractivity contribution in [1.29, 1.82) is 0 Å². The van der Waals surface area contributed by atoms with E-state index in [9.17, 15) is 0 Å². The Bertz CT molecular complexity index is 536. The zero-order valence-corrected chi connectivity index (χ0v) is 12.2. The summed E-state index contributed by atoms with van der Waals surface area (Å²) >= 11 is 2.17. The Morgan fingerprint density at radius 1 is 1.00 bits per heavy atom. The Morgan fingerprint density at radius 2 is 1.59 bits per heavy atom. The van der Waals surface area contributed by atoms with Gasteiger partial charge in [0.05, 0.1) is 9.26 Å². The van der Waals surface area contributed by atoms with Crippen molar-refractivity contribution in [2.75, 3.05) is 5.73 Å². The number of halogens is 1. The van der Waals surface area contributed by atoms with E-state index in [0.717, 1.165) is 14.8 Å². The normalized spacial score (nSPS) is 10.6. The molecule has 0 atom stereocenters. The van der Waals surface area contributed by atoms with E-state index < -0.39 is 0 Å². The van der Waals surface area contributed by atoms with Gasteiger partial charge in [-0.15, -0.1) is 0 Å². The fraction of sp³-hybridized carbons (Fsp3) is 0.231. The Labute approximate surface area is 115 Å². The van der Waals surface area contributed by atoms with E-state index in [1.54, 1.807) is 0 Å². The van der Waals surface area contributed by atoms with Crippen LogP contribution in [-0.2, 0) is 0 Å². The smallest absolute Gasteiger partial charge is 0.161 e. The van der Waals surface area contributed by atoms with Crippen LogP contribution in [0.3, 0.4) is 0 Å². The maximum atomic E-state index is 5.88. The lowest BCUT2D eigenvalue weighted by Crippen LogP contribution is -2.02. The molecule has 0 radical (unpaired) electrons. The van der Waals surface area contributed by atoms with Gasteiger partial charge >= 0.3 is 0 Å². The largest absolute Gasteiger partial charge is 0.383 e. The highest BCUT2D eigenvalue weighted by Crippen LogP contribution is 2.23. The number of anilines is 1. The van der Waals surface area contributed by atoms with E-state index >= 15 is 0 Å². The zero-order chi connectivity index (χ0) is 12.6. The van der Waals surface area contributed by atoms with Crippen LogP contribution in [0.2, 0.25) is 0 Å². The maximum absolute atomic E-state index is 5.88. The third-order valence-corrected chi connectivity index (χ3v) is 3.86. The van der Waals surface area contributed by atoms with E-state index in [2.05, 4.69) is 64.6 Å². The standard InChI is InChI=1S/C13H14IN3/c1-7-4-8(2)6-10(5-7)13-16-9(3)11(14)12(15)17-13/h4-6H,1-3H3,(H2,15,16,17). The first-order valence-corrected chi connectivity index (χ1v) is 6.43. The maximum Gasteiger partial charge on any atom is 0.161 e. The lowest BCUT2D eigenvalue weighted by Gasteiger charge is -2.07. The first kappa shape index (κ1) is 12.3. The molecule has 3 nitrogen and oxygen atoms in total. The summed E-state index contributed by atoms with van der Waals surface area (Å²) in [6.07, 6.45) is 0. The number of nitrogen functional groups attached to an aromatic ring is 1. The minimum atomic E-state index is 0.548. The molecule has 1 heterocycles. The number of hydrogen-bond donors (Lipinski definition) is 1. The molecule has 0 aliphatic rings. The number of aryl methyl sites for hydroxylation is 3. The Morgan fingerprint density at radius 3 is 2.12 bits per heavy atom. The summed E-state index contributed by atoms with van der Waals surface area (Å²) < 4.78 is 0.927. The summed E-state index contributed by atoms with van der Waals surface area (Å²) in [6, 6.07) is 6.29. The molecular formula is C13H14IN3. The van der Waals surface area contributed by atoms with Crippen LogP contribution in [0.15, 0.2) is 18.2 Å². The van der Waals surface area contributed by atoms with Crippen molar-refractivity contribution in [3.8, 4) is 11.4 Å². The quantitative estimate of drug-likeness (QED) is 0.812. The van der Waals surface area contributed by atoms with Gasteiger partial charge in [-0.1, -0.05) is 17.2 Å². The number of benzene rings is 1. The van der Waals surface area contributed by atoms with Crippen LogP contribution < -0.4 is 5.73 Å². The second-order valence-electron chi connectivity index (χ2n) is 4.21. The van der Waals surface area contributed by atoms with Crippen molar-refractivity contribution in [3.05, 3.63) is 38.6 Å². The molecule has 0 unspecified atom stereocenters. The predicted octanol–water partition coefficient (Wildman–Crippen LogP) is 3.26. The summed E-state index contributed by atoms with van der Waals surface area (Å²) in [7, 11) is 0. The van der Waals surface area contributed by atoms with Crippen molar-refractivity contribution in [2.24, 2.45) is 0 Å². The van der Waals surface area contributed by atoms with Crippen molar-refractivity contribution < 1.29 is 0 Å². The van der Waals surface area contributed by atoms with Crippen LogP contribution in [0, 0.1) is 24.3 Å². The first-order valence-electron chi connectivity index (χ1n) is 5.35. The first-order chi connectivity index (χ1) is 7.97. The molecular weight excluding hydrogens is 325 g/mol. The Balaban J connectivity index is 2.60. The highest BCUT2D eigenvalue weighted by molar-refractivity contribution is 14.1. The number of nitrogens with two attached hydrogens (primary N) is 1. The Kier molecular flexibility index (Phi) is 3.33. The lowest BCUT2D eigenvalue weighted by molar-refractivity contribution is 1.10. The molecule has 0 saturated heterocycles. The molecule has 0 bridgehead atoms. The fourth-order valence-electron chi connectivity index (χ4n) is 1.81. The average Bonchev–Trinajstić information content (AvgIpc) is 2.23.